The van der Waals surface area contributed by atoms with Crippen molar-refractivity contribution < 1.29 is 9.53 Å². The van der Waals surface area contributed by atoms with Crippen molar-refractivity contribution in [2.24, 2.45) is 5.92 Å². The van der Waals surface area contributed by atoms with Crippen LogP contribution in [-0.2, 0) is 9.53 Å². The highest BCUT2D eigenvalue weighted by Crippen LogP contribution is 2.16. The monoisotopic (exact) mass is 214 g/mol. The van der Waals surface area contributed by atoms with E-state index in [0.717, 1.165) is 6.54 Å². The van der Waals surface area contributed by atoms with Crippen LogP contribution >= 0.6 is 0 Å². The van der Waals surface area contributed by atoms with Crippen molar-refractivity contribution in [2.45, 2.75) is 32.9 Å². The van der Waals surface area contributed by atoms with Gasteiger partial charge in [-0.15, -0.1) is 0 Å². The average molecular weight is 214 g/mol. The van der Waals surface area contributed by atoms with Gasteiger partial charge in [0.2, 0.25) is 5.91 Å². The molecule has 0 aliphatic carbocycles. The number of nitrogens with one attached hydrogen (secondary N) is 1. The SMILES string of the molecule is CNC(C)CN1C(=O)COCC1C(C)C. The molecule has 2 atom stereocenters. The zero-order valence-electron chi connectivity index (χ0n) is 10.1. The van der Waals surface area contributed by atoms with Crippen LogP contribution in [-0.4, -0.2) is 49.7 Å². The summed E-state index contributed by atoms with van der Waals surface area (Å²) in [5, 5.41) is 3.16. The Bertz CT molecular complexity index is 219. The molecule has 0 aromatic rings. The van der Waals surface area contributed by atoms with Gasteiger partial charge in [0.1, 0.15) is 6.61 Å². The molecule has 1 rings (SSSR count). The number of amides is 1. The van der Waals surface area contributed by atoms with Crippen LogP contribution in [0.4, 0.5) is 0 Å². The van der Waals surface area contributed by atoms with Crippen molar-refractivity contribution >= 4 is 5.91 Å². The van der Waals surface area contributed by atoms with Crippen LogP contribution in [0.5, 0.6) is 0 Å². The first-order valence-electron chi connectivity index (χ1n) is 5.60. The van der Waals surface area contributed by atoms with E-state index in [9.17, 15) is 4.79 Å². The van der Waals surface area contributed by atoms with Gasteiger partial charge in [-0.1, -0.05) is 13.8 Å². The molecule has 15 heavy (non-hydrogen) atoms. The molecule has 0 aromatic heterocycles. The lowest BCUT2D eigenvalue weighted by Crippen LogP contribution is -2.55. The van der Waals surface area contributed by atoms with Crippen LogP contribution in [0.1, 0.15) is 20.8 Å². The van der Waals surface area contributed by atoms with Crippen molar-refractivity contribution in [2.75, 3.05) is 26.8 Å². The molecule has 0 radical (unpaired) electrons. The normalized spacial score (nSPS) is 24.7. The van der Waals surface area contributed by atoms with Crippen LogP contribution < -0.4 is 5.32 Å². The lowest BCUT2D eigenvalue weighted by atomic mass is 10.0. The topological polar surface area (TPSA) is 41.6 Å². The zero-order chi connectivity index (χ0) is 11.4. The Morgan fingerprint density at radius 3 is 2.73 bits per heavy atom. The van der Waals surface area contributed by atoms with Gasteiger partial charge in [-0.3, -0.25) is 4.79 Å². The van der Waals surface area contributed by atoms with E-state index in [2.05, 4.69) is 26.1 Å². The molecular formula is C11H22N2O2. The number of rotatable bonds is 4. The second kappa shape index (κ2) is 5.47. The summed E-state index contributed by atoms with van der Waals surface area (Å²) in [6.07, 6.45) is 0. The Hall–Kier alpha value is -0.610. The third-order valence-electron chi connectivity index (χ3n) is 2.97. The summed E-state index contributed by atoms with van der Waals surface area (Å²) in [6.45, 7) is 8.01. The molecular weight excluding hydrogens is 192 g/mol. The van der Waals surface area contributed by atoms with E-state index in [1.807, 2.05) is 11.9 Å². The first-order valence-corrected chi connectivity index (χ1v) is 5.60. The van der Waals surface area contributed by atoms with Gasteiger partial charge in [0.25, 0.3) is 0 Å². The summed E-state index contributed by atoms with van der Waals surface area (Å²) in [4.78, 5) is 13.7. The van der Waals surface area contributed by atoms with Crippen molar-refractivity contribution in [3.05, 3.63) is 0 Å². The third-order valence-corrected chi connectivity index (χ3v) is 2.97. The Kier molecular flexibility index (Phi) is 4.54. The molecule has 4 heteroatoms. The molecule has 0 bridgehead atoms. The van der Waals surface area contributed by atoms with Crippen LogP contribution in [0, 0.1) is 5.92 Å². The van der Waals surface area contributed by atoms with Gasteiger partial charge in [0.05, 0.1) is 12.6 Å². The van der Waals surface area contributed by atoms with E-state index in [0.29, 0.717) is 18.6 Å². The molecule has 1 fully saturated rings. The molecule has 1 N–H and O–H groups in total. The first-order chi connectivity index (χ1) is 7.06. The summed E-state index contributed by atoms with van der Waals surface area (Å²) in [6, 6.07) is 0.551. The average Bonchev–Trinajstić information content (AvgIpc) is 2.20. The van der Waals surface area contributed by atoms with Crippen molar-refractivity contribution in [3.8, 4) is 0 Å². The summed E-state index contributed by atoms with van der Waals surface area (Å²) in [7, 11) is 1.92. The van der Waals surface area contributed by atoms with Crippen LogP contribution in [0.15, 0.2) is 0 Å². The second-order valence-corrected chi connectivity index (χ2v) is 4.56. The smallest absolute Gasteiger partial charge is 0.248 e. The lowest BCUT2D eigenvalue weighted by molar-refractivity contribution is -0.150. The fourth-order valence-electron chi connectivity index (χ4n) is 1.80. The maximum Gasteiger partial charge on any atom is 0.248 e. The molecule has 1 aliphatic rings. The number of morpholine rings is 1. The number of likely N-dealkylation sites (N-methyl/N-ethyl adjacent to an activating group) is 1. The molecule has 1 amide bonds. The largest absolute Gasteiger partial charge is 0.369 e. The van der Waals surface area contributed by atoms with Gasteiger partial charge in [-0.25, -0.2) is 0 Å². The highest BCUT2D eigenvalue weighted by molar-refractivity contribution is 5.78. The fraction of sp³-hybridized carbons (Fsp3) is 0.909. The summed E-state index contributed by atoms with van der Waals surface area (Å²) in [5.41, 5.74) is 0. The summed E-state index contributed by atoms with van der Waals surface area (Å²) >= 11 is 0. The van der Waals surface area contributed by atoms with E-state index in [1.54, 1.807) is 0 Å². The number of carbonyl (C=O) groups is 1. The number of nitrogens with zero attached hydrogens (tertiary/aromatic N) is 1. The Balaban J connectivity index is 2.64. The number of ether oxygens (including phenoxy) is 1. The van der Waals surface area contributed by atoms with Crippen LogP contribution in [0.25, 0.3) is 0 Å². The second-order valence-electron chi connectivity index (χ2n) is 4.56. The number of hydrogen-bond donors (Lipinski definition) is 1. The van der Waals surface area contributed by atoms with Gasteiger partial charge < -0.3 is 15.0 Å². The quantitative estimate of drug-likeness (QED) is 0.740. The molecule has 1 saturated heterocycles. The maximum absolute atomic E-state index is 11.7. The van der Waals surface area contributed by atoms with Crippen molar-refractivity contribution in [1.82, 2.24) is 10.2 Å². The minimum Gasteiger partial charge on any atom is -0.369 e. The molecule has 1 aliphatic heterocycles. The Morgan fingerprint density at radius 2 is 2.20 bits per heavy atom. The van der Waals surface area contributed by atoms with E-state index in [-0.39, 0.29) is 18.6 Å². The number of hydrogen-bond acceptors (Lipinski definition) is 3. The van der Waals surface area contributed by atoms with Gasteiger partial charge >= 0.3 is 0 Å². The van der Waals surface area contributed by atoms with Crippen molar-refractivity contribution in [3.63, 3.8) is 0 Å². The van der Waals surface area contributed by atoms with E-state index in [4.69, 9.17) is 4.74 Å². The predicted octanol–water partition coefficient (Wildman–Crippen LogP) is 0.478. The predicted molar refractivity (Wildman–Crippen MR) is 59.7 cm³/mol. The maximum atomic E-state index is 11.7. The Morgan fingerprint density at radius 1 is 1.53 bits per heavy atom. The third kappa shape index (κ3) is 3.18. The molecule has 0 spiro atoms. The zero-order valence-corrected chi connectivity index (χ0v) is 10.1. The summed E-state index contributed by atoms with van der Waals surface area (Å²) < 4.78 is 5.29. The van der Waals surface area contributed by atoms with Gasteiger partial charge in [-0.2, -0.15) is 0 Å². The summed E-state index contributed by atoms with van der Waals surface area (Å²) in [5.74, 6) is 0.556. The van der Waals surface area contributed by atoms with Gasteiger partial charge in [0.15, 0.2) is 0 Å². The molecule has 0 aromatic carbocycles. The standard InChI is InChI=1S/C11H22N2O2/c1-8(2)10-6-15-7-11(14)13(10)5-9(3)12-4/h8-10,12H,5-7H2,1-4H3. The highest BCUT2D eigenvalue weighted by atomic mass is 16.5. The lowest BCUT2D eigenvalue weighted by Gasteiger charge is -2.39. The molecule has 0 saturated carbocycles. The molecule has 88 valence electrons. The van der Waals surface area contributed by atoms with Gasteiger partial charge in [-0.05, 0) is 19.9 Å². The van der Waals surface area contributed by atoms with Gasteiger partial charge in [0, 0.05) is 12.6 Å². The van der Waals surface area contributed by atoms with E-state index in [1.165, 1.54) is 0 Å². The molecule has 1 heterocycles. The van der Waals surface area contributed by atoms with Crippen molar-refractivity contribution in [1.29, 1.82) is 0 Å². The minimum absolute atomic E-state index is 0.113. The van der Waals surface area contributed by atoms with E-state index >= 15 is 0 Å². The van der Waals surface area contributed by atoms with E-state index < -0.39 is 0 Å². The molecule has 4 nitrogen and oxygen atoms in total. The van der Waals surface area contributed by atoms with Crippen LogP contribution in [0.3, 0.4) is 0 Å². The fourth-order valence-corrected chi connectivity index (χ4v) is 1.80. The first kappa shape index (κ1) is 12.5. The Labute approximate surface area is 92.0 Å². The molecule has 2 unspecified atom stereocenters. The highest BCUT2D eigenvalue weighted by Gasteiger charge is 2.31. The minimum atomic E-state index is 0.113. The number of carbonyl (C=O) groups excluding carboxylic acids is 1. The van der Waals surface area contributed by atoms with Crippen LogP contribution in [0.2, 0.25) is 0 Å².